The van der Waals surface area contributed by atoms with Gasteiger partial charge in [0.2, 0.25) is 0 Å². The Morgan fingerprint density at radius 2 is 1.85 bits per heavy atom. The highest BCUT2D eigenvalue weighted by Crippen LogP contribution is 2.25. The topological polar surface area (TPSA) is 71.0 Å². The van der Waals surface area contributed by atoms with E-state index in [0.717, 1.165) is 55.5 Å². The molecule has 0 aliphatic carbocycles. The quantitative estimate of drug-likeness (QED) is 0.683. The lowest BCUT2D eigenvalue weighted by Crippen LogP contribution is -2.37. The van der Waals surface area contributed by atoms with Crippen molar-refractivity contribution in [1.29, 1.82) is 0 Å². The fourth-order valence-corrected chi connectivity index (χ4v) is 3.98. The zero-order chi connectivity index (χ0) is 18.6. The highest BCUT2D eigenvalue weighted by atomic mass is 16.1. The van der Waals surface area contributed by atoms with Crippen LogP contribution in [0, 0.1) is 0 Å². The number of imidazole rings is 1. The fraction of sp³-hybridized carbons (Fsp3) is 0.381. The Morgan fingerprint density at radius 1 is 1.11 bits per heavy atom. The molecule has 1 N–H and O–H groups in total. The molecule has 3 aromatic rings. The van der Waals surface area contributed by atoms with Gasteiger partial charge >= 0.3 is 5.69 Å². The number of Topliss-reactive ketones (excluding diaryl/α,β-unsaturated/α-hetero) is 1. The summed E-state index contributed by atoms with van der Waals surface area (Å²) in [6.07, 6.45) is 6.65. The largest absolute Gasteiger partial charge is 0.326 e. The minimum absolute atomic E-state index is 0.0161. The number of aromatic amines is 1. The third kappa shape index (κ3) is 3.85. The summed E-state index contributed by atoms with van der Waals surface area (Å²) < 4.78 is 1.92. The van der Waals surface area contributed by atoms with Gasteiger partial charge in [-0.2, -0.15) is 0 Å². The van der Waals surface area contributed by atoms with Gasteiger partial charge in [0.15, 0.2) is 5.78 Å². The predicted molar refractivity (Wildman–Crippen MR) is 105 cm³/mol. The summed E-state index contributed by atoms with van der Waals surface area (Å²) in [6, 6.07) is 11.6. The standard InChI is InChI=1S/C21H24N4O2/c26-20(16-7-11-22-12-8-16)6-3-13-24-14-9-17(10-15-24)25-19-5-2-1-4-18(19)23-21(25)27/h1-2,4-5,7-8,11-12,17H,3,6,9-10,13-15H2,(H,23,27). The van der Waals surface area contributed by atoms with Gasteiger partial charge in [-0.25, -0.2) is 4.79 Å². The highest BCUT2D eigenvalue weighted by molar-refractivity contribution is 5.95. The lowest BCUT2D eigenvalue weighted by atomic mass is 10.0. The number of nitrogens with one attached hydrogen (secondary N) is 1. The molecule has 3 heterocycles. The lowest BCUT2D eigenvalue weighted by molar-refractivity contribution is 0.0970. The van der Waals surface area contributed by atoms with Crippen molar-refractivity contribution in [2.75, 3.05) is 19.6 Å². The smallest absolute Gasteiger partial charge is 0.306 e. The summed E-state index contributed by atoms with van der Waals surface area (Å²) in [7, 11) is 0. The van der Waals surface area contributed by atoms with E-state index >= 15 is 0 Å². The molecule has 27 heavy (non-hydrogen) atoms. The summed E-state index contributed by atoms with van der Waals surface area (Å²) in [5.41, 5.74) is 2.61. The van der Waals surface area contributed by atoms with E-state index in [1.807, 2.05) is 28.8 Å². The summed E-state index contributed by atoms with van der Waals surface area (Å²) in [5, 5.41) is 0. The first-order valence-corrected chi connectivity index (χ1v) is 9.57. The first kappa shape index (κ1) is 17.7. The fourth-order valence-electron chi connectivity index (χ4n) is 3.98. The number of fused-ring (bicyclic) bond motifs is 1. The second-order valence-electron chi connectivity index (χ2n) is 7.15. The molecular weight excluding hydrogens is 340 g/mol. The molecule has 2 aromatic heterocycles. The molecule has 4 rings (SSSR count). The number of rotatable bonds is 6. The van der Waals surface area contributed by atoms with E-state index < -0.39 is 0 Å². The van der Waals surface area contributed by atoms with Gasteiger partial charge in [-0.15, -0.1) is 0 Å². The van der Waals surface area contributed by atoms with Gasteiger partial charge in [0.25, 0.3) is 0 Å². The average molecular weight is 364 g/mol. The number of para-hydroxylation sites is 2. The normalized spacial score (nSPS) is 16.0. The molecule has 1 aliphatic heterocycles. The van der Waals surface area contributed by atoms with Gasteiger partial charge in [-0.05, 0) is 50.1 Å². The SMILES string of the molecule is O=C(CCCN1CCC(n2c(=O)[nH]c3ccccc32)CC1)c1ccncc1. The van der Waals surface area contributed by atoms with Crippen LogP contribution in [0.15, 0.2) is 53.6 Å². The van der Waals surface area contributed by atoms with Gasteiger partial charge in [-0.3, -0.25) is 14.3 Å². The maximum Gasteiger partial charge on any atom is 0.326 e. The van der Waals surface area contributed by atoms with E-state index in [2.05, 4.69) is 14.9 Å². The van der Waals surface area contributed by atoms with Gasteiger partial charge < -0.3 is 9.88 Å². The van der Waals surface area contributed by atoms with Crippen molar-refractivity contribution in [2.24, 2.45) is 0 Å². The number of H-pyrrole nitrogens is 1. The van der Waals surface area contributed by atoms with Crippen LogP contribution in [0.5, 0.6) is 0 Å². The van der Waals surface area contributed by atoms with Crippen LogP contribution in [0.25, 0.3) is 11.0 Å². The first-order valence-electron chi connectivity index (χ1n) is 9.57. The Morgan fingerprint density at radius 3 is 2.63 bits per heavy atom. The number of ketones is 1. The van der Waals surface area contributed by atoms with Gasteiger partial charge in [0.05, 0.1) is 11.0 Å². The second-order valence-corrected chi connectivity index (χ2v) is 7.15. The van der Waals surface area contributed by atoms with Crippen LogP contribution < -0.4 is 5.69 Å². The van der Waals surface area contributed by atoms with E-state index in [4.69, 9.17) is 0 Å². The van der Waals surface area contributed by atoms with Crippen LogP contribution in [0.1, 0.15) is 42.1 Å². The Hall–Kier alpha value is -2.73. The predicted octanol–water partition coefficient (Wildman–Crippen LogP) is 3.02. The molecule has 0 amide bonds. The third-order valence-corrected chi connectivity index (χ3v) is 5.43. The number of nitrogens with zero attached hydrogens (tertiary/aromatic N) is 3. The molecule has 1 saturated heterocycles. The molecule has 0 spiro atoms. The summed E-state index contributed by atoms with van der Waals surface area (Å²) in [4.78, 5) is 33.8. The molecule has 6 heteroatoms. The Labute approximate surface area is 157 Å². The molecule has 1 aliphatic rings. The summed E-state index contributed by atoms with van der Waals surface area (Å²) in [5.74, 6) is 0.178. The van der Waals surface area contributed by atoms with E-state index in [0.29, 0.717) is 6.42 Å². The van der Waals surface area contributed by atoms with Crippen LogP contribution >= 0.6 is 0 Å². The van der Waals surface area contributed by atoms with Gasteiger partial charge in [0.1, 0.15) is 0 Å². The monoisotopic (exact) mass is 364 g/mol. The molecule has 0 bridgehead atoms. The van der Waals surface area contributed by atoms with Crippen molar-refractivity contribution in [3.63, 3.8) is 0 Å². The molecule has 1 aromatic carbocycles. The lowest BCUT2D eigenvalue weighted by Gasteiger charge is -2.32. The Balaban J connectivity index is 1.30. The molecule has 0 unspecified atom stereocenters. The van der Waals surface area contributed by atoms with E-state index in [9.17, 15) is 9.59 Å². The number of piperidine rings is 1. The molecular formula is C21H24N4O2. The minimum Gasteiger partial charge on any atom is -0.306 e. The van der Waals surface area contributed by atoms with Crippen molar-refractivity contribution in [3.05, 3.63) is 64.8 Å². The maximum absolute atomic E-state index is 12.4. The molecule has 0 saturated carbocycles. The average Bonchev–Trinajstić information content (AvgIpc) is 3.05. The maximum atomic E-state index is 12.4. The van der Waals surface area contributed by atoms with E-state index in [1.165, 1.54) is 0 Å². The van der Waals surface area contributed by atoms with E-state index in [1.54, 1.807) is 24.5 Å². The van der Waals surface area contributed by atoms with E-state index in [-0.39, 0.29) is 17.5 Å². The van der Waals surface area contributed by atoms with Gasteiger partial charge in [0, 0.05) is 43.5 Å². The number of likely N-dealkylation sites (tertiary alicyclic amines) is 1. The molecule has 1 fully saturated rings. The summed E-state index contributed by atoms with van der Waals surface area (Å²) >= 11 is 0. The Bertz CT molecular complexity index is 969. The number of pyridine rings is 1. The zero-order valence-electron chi connectivity index (χ0n) is 15.3. The molecule has 0 radical (unpaired) electrons. The number of benzene rings is 1. The number of aromatic nitrogens is 3. The van der Waals surface area contributed by atoms with Crippen molar-refractivity contribution in [1.82, 2.24) is 19.4 Å². The molecule has 140 valence electrons. The van der Waals surface area contributed by atoms with Crippen molar-refractivity contribution in [2.45, 2.75) is 31.7 Å². The first-order chi connectivity index (χ1) is 13.2. The van der Waals surface area contributed by atoms with Crippen LogP contribution in [-0.4, -0.2) is 44.9 Å². The number of carbonyl (C=O) groups is 1. The summed E-state index contributed by atoms with van der Waals surface area (Å²) in [6.45, 7) is 2.84. The van der Waals surface area contributed by atoms with Crippen LogP contribution in [-0.2, 0) is 0 Å². The van der Waals surface area contributed by atoms with Crippen LogP contribution in [0.3, 0.4) is 0 Å². The number of carbonyl (C=O) groups excluding carboxylic acids is 1. The van der Waals surface area contributed by atoms with Crippen LogP contribution in [0.2, 0.25) is 0 Å². The Kier molecular flexibility index (Phi) is 5.16. The zero-order valence-corrected chi connectivity index (χ0v) is 15.3. The second kappa shape index (κ2) is 7.88. The van der Waals surface area contributed by atoms with Crippen molar-refractivity contribution in [3.8, 4) is 0 Å². The minimum atomic E-state index is -0.0161. The molecule has 0 atom stereocenters. The highest BCUT2D eigenvalue weighted by Gasteiger charge is 2.23. The van der Waals surface area contributed by atoms with Crippen molar-refractivity contribution >= 4 is 16.8 Å². The van der Waals surface area contributed by atoms with Gasteiger partial charge in [-0.1, -0.05) is 12.1 Å². The number of hydrogen-bond donors (Lipinski definition) is 1. The van der Waals surface area contributed by atoms with Crippen LogP contribution in [0.4, 0.5) is 0 Å². The molecule has 6 nitrogen and oxygen atoms in total. The third-order valence-electron chi connectivity index (χ3n) is 5.43. The number of hydrogen-bond acceptors (Lipinski definition) is 4. The van der Waals surface area contributed by atoms with Crippen molar-refractivity contribution < 1.29 is 4.79 Å².